The third-order valence-electron chi connectivity index (χ3n) is 6.76. The Morgan fingerprint density at radius 3 is 2.45 bits per heavy atom. The van der Waals surface area contributed by atoms with E-state index in [-0.39, 0.29) is 52.0 Å². The van der Waals surface area contributed by atoms with Crippen LogP contribution in [0.15, 0.2) is 54.7 Å². The van der Waals surface area contributed by atoms with Crippen molar-refractivity contribution >= 4 is 27.8 Å². The summed E-state index contributed by atoms with van der Waals surface area (Å²) < 4.78 is 51.8. The van der Waals surface area contributed by atoms with E-state index >= 15 is 4.39 Å². The summed E-state index contributed by atoms with van der Waals surface area (Å²) in [7, 11) is 0. The molecule has 0 fully saturated rings. The van der Waals surface area contributed by atoms with Gasteiger partial charge < -0.3 is 19.5 Å². The molecule has 3 N–H and O–H groups in total. The minimum atomic E-state index is -1.70. The quantitative estimate of drug-likeness (QED) is 0.234. The van der Waals surface area contributed by atoms with Gasteiger partial charge in [-0.15, -0.1) is 0 Å². The average molecular weight is 524 g/mol. The van der Waals surface area contributed by atoms with Crippen molar-refractivity contribution in [1.82, 2.24) is 14.8 Å². The molecule has 5 rings (SSSR count). The van der Waals surface area contributed by atoms with Crippen LogP contribution in [0.3, 0.4) is 0 Å². The van der Waals surface area contributed by atoms with Gasteiger partial charge in [-0.3, -0.25) is 5.10 Å². The zero-order valence-electron chi connectivity index (χ0n) is 20.6. The zero-order chi connectivity index (χ0) is 27.2. The van der Waals surface area contributed by atoms with Gasteiger partial charge >= 0.3 is 5.97 Å². The summed E-state index contributed by atoms with van der Waals surface area (Å²) in [4.78, 5) is 11.5. The number of benzene rings is 3. The average Bonchev–Trinajstić information content (AvgIpc) is 3.53. The molecule has 0 bridgehead atoms. The molecule has 0 saturated heterocycles. The van der Waals surface area contributed by atoms with Gasteiger partial charge in [0.15, 0.2) is 17.5 Å². The fraction of sp³-hybridized carbons (Fsp3) is 0.214. The number of rotatable bonds is 8. The summed E-state index contributed by atoms with van der Waals surface area (Å²) in [5.74, 6) is -3.96. The van der Waals surface area contributed by atoms with E-state index in [9.17, 15) is 23.8 Å². The molecule has 0 aliphatic carbocycles. The Morgan fingerprint density at radius 2 is 1.82 bits per heavy atom. The number of aliphatic hydroxyl groups is 1. The van der Waals surface area contributed by atoms with E-state index in [1.165, 1.54) is 41.1 Å². The number of nitrogens with zero attached hydrogens (tertiary/aromatic N) is 2. The van der Waals surface area contributed by atoms with Crippen LogP contribution < -0.4 is 0 Å². The predicted molar refractivity (Wildman–Crippen MR) is 136 cm³/mol. The Kier molecular flexibility index (Phi) is 6.46. The Morgan fingerprint density at radius 1 is 1.08 bits per heavy atom. The maximum Gasteiger partial charge on any atom is 0.335 e. The smallest absolute Gasteiger partial charge is 0.335 e. The number of carboxylic acid groups (broad SMARTS) is 1. The van der Waals surface area contributed by atoms with Gasteiger partial charge in [0.05, 0.1) is 29.6 Å². The third kappa shape index (κ3) is 4.02. The zero-order valence-corrected chi connectivity index (χ0v) is 20.6. The Balaban J connectivity index is 1.99. The van der Waals surface area contributed by atoms with Crippen LogP contribution in [0.1, 0.15) is 36.3 Å². The fourth-order valence-corrected chi connectivity index (χ4v) is 4.80. The molecule has 5 aromatic rings. The van der Waals surface area contributed by atoms with Gasteiger partial charge in [0.2, 0.25) is 0 Å². The molecular formula is C28H24F3N3O4. The summed E-state index contributed by atoms with van der Waals surface area (Å²) in [6.45, 7) is 3.62. The Bertz CT molecular complexity index is 1680. The van der Waals surface area contributed by atoms with Gasteiger partial charge in [0.25, 0.3) is 0 Å². The van der Waals surface area contributed by atoms with Crippen molar-refractivity contribution in [2.75, 3.05) is 13.2 Å². The summed E-state index contributed by atoms with van der Waals surface area (Å²) in [6.07, 6.45) is 1.57. The number of fused-ring (bicyclic) bond motifs is 2. The molecule has 0 saturated carbocycles. The second kappa shape index (κ2) is 9.62. The van der Waals surface area contributed by atoms with Gasteiger partial charge in [-0.25, -0.2) is 18.0 Å². The number of halogens is 3. The monoisotopic (exact) mass is 523 g/mol. The first kappa shape index (κ1) is 25.5. The van der Waals surface area contributed by atoms with E-state index in [4.69, 9.17) is 4.74 Å². The van der Waals surface area contributed by atoms with Gasteiger partial charge in [-0.1, -0.05) is 19.1 Å². The van der Waals surface area contributed by atoms with Gasteiger partial charge in [-0.2, -0.15) is 5.10 Å². The summed E-state index contributed by atoms with van der Waals surface area (Å²) in [6, 6.07) is 10.7. The highest BCUT2D eigenvalue weighted by atomic mass is 19.2. The number of ether oxygens (including phenoxy) is 1. The SMILES string of the molecule is CCOCC(O)(CC)c1c(-c2ccc(C(=O)O)cc2)c2c(F)c3[nH]ncc3cc2n1-c1ccc(F)c(F)c1. The number of H-pyrrole nitrogens is 1. The first-order valence-corrected chi connectivity index (χ1v) is 12.0. The van der Waals surface area contributed by atoms with Crippen molar-refractivity contribution in [2.45, 2.75) is 25.9 Å². The van der Waals surface area contributed by atoms with E-state index in [1.807, 2.05) is 0 Å². The minimum Gasteiger partial charge on any atom is -0.478 e. The lowest BCUT2D eigenvalue weighted by Gasteiger charge is -2.30. The van der Waals surface area contributed by atoms with Crippen molar-refractivity contribution in [1.29, 1.82) is 0 Å². The van der Waals surface area contributed by atoms with E-state index < -0.39 is 29.0 Å². The van der Waals surface area contributed by atoms with Crippen molar-refractivity contribution in [2.24, 2.45) is 0 Å². The lowest BCUT2D eigenvalue weighted by molar-refractivity contribution is -0.0539. The number of aromatic carboxylic acids is 1. The van der Waals surface area contributed by atoms with Crippen LogP contribution in [-0.4, -0.2) is 44.2 Å². The summed E-state index contributed by atoms with van der Waals surface area (Å²) in [5.41, 5.74) is -0.245. The van der Waals surface area contributed by atoms with Gasteiger partial charge in [-0.05, 0) is 49.2 Å². The highest BCUT2D eigenvalue weighted by molar-refractivity contribution is 6.06. The van der Waals surface area contributed by atoms with Crippen LogP contribution in [0.4, 0.5) is 13.2 Å². The number of carboxylic acids is 1. The molecule has 3 aromatic carbocycles. The Hall–Kier alpha value is -4.15. The molecule has 1 unspecified atom stereocenters. The molecule has 2 aromatic heterocycles. The van der Waals surface area contributed by atoms with Crippen LogP contribution in [0.5, 0.6) is 0 Å². The Labute approximate surface area is 215 Å². The first-order chi connectivity index (χ1) is 18.2. The molecule has 0 aliphatic heterocycles. The highest BCUT2D eigenvalue weighted by Crippen LogP contribution is 2.46. The number of aromatic amines is 1. The van der Waals surface area contributed by atoms with Crippen molar-refractivity contribution in [3.05, 3.63) is 83.4 Å². The molecule has 10 heteroatoms. The minimum absolute atomic E-state index is 0.0242. The molecule has 0 radical (unpaired) electrons. The third-order valence-corrected chi connectivity index (χ3v) is 6.76. The number of hydrogen-bond acceptors (Lipinski definition) is 4. The van der Waals surface area contributed by atoms with Crippen molar-refractivity contribution in [3.8, 4) is 16.8 Å². The molecule has 7 nitrogen and oxygen atoms in total. The molecular weight excluding hydrogens is 499 g/mol. The van der Waals surface area contributed by atoms with Gasteiger partial charge in [0.1, 0.15) is 11.1 Å². The number of nitrogens with one attached hydrogen (secondary N) is 1. The maximum absolute atomic E-state index is 16.2. The number of carbonyl (C=O) groups is 1. The lowest BCUT2D eigenvalue weighted by atomic mass is 9.89. The highest BCUT2D eigenvalue weighted by Gasteiger charge is 2.38. The number of hydrogen-bond donors (Lipinski definition) is 3. The summed E-state index contributed by atoms with van der Waals surface area (Å²) in [5, 5.41) is 28.5. The van der Waals surface area contributed by atoms with E-state index in [1.54, 1.807) is 19.9 Å². The van der Waals surface area contributed by atoms with Crippen LogP contribution in [0, 0.1) is 17.5 Å². The summed E-state index contributed by atoms with van der Waals surface area (Å²) >= 11 is 0. The molecule has 1 atom stereocenters. The normalized spacial score (nSPS) is 13.3. The second-order valence-electron chi connectivity index (χ2n) is 8.98. The van der Waals surface area contributed by atoms with Crippen LogP contribution in [0.2, 0.25) is 0 Å². The maximum atomic E-state index is 16.2. The molecule has 0 amide bonds. The van der Waals surface area contributed by atoms with Crippen LogP contribution in [-0.2, 0) is 10.3 Å². The first-order valence-electron chi connectivity index (χ1n) is 12.0. The van der Waals surface area contributed by atoms with Gasteiger partial charge in [0, 0.05) is 34.7 Å². The van der Waals surface area contributed by atoms with Crippen LogP contribution in [0.25, 0.3) is 38.6 Å². The predicted octanol–water partition coefficient (Wildman–Crippen LogP) is 5.92. The van der Waals surface area contributed by atoms with Crippen molar-refractivity contribution < 1.29 is 32.9 Å². The standard InChI is InChI=1S/C28H24F3N3O4/c1-3-28(37,14-38-4-2)26-22(15-5-7-16(8-6-15)27(35)36)23-21(11-17-13-32-33-25(17)24(23)31)34(26)18-9-10-19(29)20(30)12-18/h5-13,37H,3-4,14H2,1-2H3,(H,32,33)(H,35,36). The molecule has 196 valence electrons. The number of aromatic nitrogens is 3. The second-order valence-corrected chi connectivity index (χ2v) is 8.98. The fourth-order valence-electron chi connectivity index (χ4n) is 4.80. The topological polar surface area (TPSA) is 100 Å². The largest absolute Gasteiger partial charge is 0.478 e. The van der Waals surface area contributed by atoms with E-state index in [0.29, 0.717) is 17.6 Å². The van der Waals surface area contributed by atoms with E-state index in [0.717, 1.165) is 12.1 Å². The van der Waals surface area contributed by atoms with Crippen LogP contribution >= 0.6 is 0 Å². The molecule has 2 heterocycles. The molecule has 38 heavy (non-hydrogen) atoms. The molecule has 0 spiro atoms. The van der Waals surface area contributed by atoms with Crippen molar-refractivity contribution in [3.63, 3.8) is 0 Å². The van der Waals surface area contributed by atoms with E-state index in [2.05, 4.69) is 10.2 Å². The molecule has 0 aliphatic rings. The lowest BCUT2D eigenvalue weighted by Crippen LogP contribution is -2.34.